The minimum absolute atomic E-state index is 0.0505. The number of hydrogen-bond donors (Lipinski definition) is 2. The van der Waals surface area contributed by atoms with Crippen LogP contribution in [0.15, 0.2) is 24.3 Å². The van der Waals surface area contributed by atoms with Gasteiger partial charge in [-0.15, -0.1) is 0 Å². The molecular weight excluding hydrogens is 224 g/mol. The fourth-order valence-corrected chi connectivity index (χ4v) is 1.34. The summed E-state index contributed by atoms with van der Waals surface area (Å²) in [6.07, 6.45) is -1.14. The van der Waals surface area contributed by atoms with Gasteiger partial charge in [0.1, 0.15) is 11.8 Å². The molecule has 1 aromatic carbocycles. The molecule has 0 saturated carbocycles. The number of aliphatic hydroxyl groups is 2. The molecule has 6 heteroatoms. The van der Waals surface area contributed by atoms with Gasteiger partial charge in [0.25, 0.3) is 5.69 Å². The van der Waals surface area contributed by atoms with Gasteiger partial charge >= 0.3 is 0 Å². The van der Waals surface area contributed by atoms with Gasteiger partial charge in [-0.1, -0.05) is 0 Å². The van der Waals surface area contributed by atoms with E-state index in [0.717, 1.165) is 0 Å². The summed E-state index contributed by atoms with van der Waals surface area (Å²) in [5, 5.41) is 30.5. The Balaban J connectivity index is 2.98. The van der Waals surface area contributed by atoms with E-state index in [1.54, 1.807) is 14.1 Å². The zero-order valence-corrected chi connectivity index (χ0v) is 9.99. The third kappa shape index (κ3) is 2.79. The average Bonchev–Trinajstić information content (AvgIpc) is 2.27. The van der Waals surface area contributed by atoms with E-state index in [1.807, 2.05) is 0 Å². The molecule has 17 heavy (non-hydrogen) atoms. The van der Waals surface area contributed by atoms with Gasteiger partial charge in [-0.05, 0) is 38.7 Å². The van der Waals surface area contributed by atoms with Crippen LogP contribution in [0.4, 0.5) is 5.69 Å². The van der Waals surface area contributed by atoms with Crippen molar-refractivity contribution in [3.05, 3.63) is 39.9 Å². The normalized spacial score (nSPS) is 16.6. The summed E-state index contributed by atoms with van der Waals surface area (Å²) in [6, 6.07) is 5.45. The SMILES string of the molecule is CN(C)[C@@](C)(O)[C@@H](O)c1ccc([N+](=O)[O-])cc1. The van der Waals surface area contributed by atoms with Crippen molar-refractivity contribution in [2.24, 2.45) is 0 Å². The summed E-state index contributed by atoms with van der Waals surface area (Å²) in [6.45, 7) is 1.47. The Morgan fingerprint density at radius 2 is 1.82 bits per heavy atom. The van der Waals surface area contributed by atoms with Crippen LogP contribution in [-0.2, 0) is 0 Å². The molecule has 0 aromatic heterocycles. The van der Waals surface area contributed by atoms with Crippen molar-refractivity contribution >= 4 is 5.69 Å². The van der Waals surface area contributed by atoms with Crippen LogP contribution < -0.4 is 0 Å². The number of likely N-dealkylation sites (N-methyl/N-ethyl adjacent to an activating group) is 1. The lowest BCUT2D eigenvalue weighted by Crippen LogP contribution is -2.46. The van der Waals surface area contributed by atoms with Crippen LogP contribution in [0.3, 0.4) is 0 Å². The first kappa shape index (κ1) is 13.6. The van der Waals surface area contributed by atoms with Gasteiger partial charge in [0.05, 0.1) is 4.92 Å². The Kier molecular flexibility index (Phi) is 3.82. The van der Waals surface area contributed by atoms with E-state index in [1.165, 1.54) is 36.1 Å². The fraction of sp³-hybridized carbons (Fsp3) is 0.455. The molecule has 0 aliphatic carbocycles. The van der Waals surface area contributed by atoms with Gasteiger partial charge < -0.3 is 10.2 Å². The van der Waals surface area contributed by atoms with E-state index >= 15 is 0 Å². The molecule has 0 saturated heterocycles. The smallest absolute Gasteiger partial charge is 0.269 e. The van der Waals surface area contributed by atoms with Gasteiger partial charge in [0.2, 0.25) is 0 Å². The predicted molar refractivity (Wildman–Crippen MR) is 62.4 cm³/mol. The van der Waals surface area contributed by atoms with Crippen LogP contribution in [0.2, 0.25) is 0 Å². The van der Waals surface area contributed by atoms with Crippen molar-refractivity contribution in [2.45, 2.75) is 18.8 Å². The molecule has 0 aliphatic heterocycles. The predicted octanol–water partition coefficient (Wildman–Crippen LogP) is 0.898. The molecule has 0 unspecified atom stereocenters. The summed E-state index contributed by atoms with van der Waals surface area (Å²) in [4.78, 5) is 11.4. The first-order valence-corrected chi connectivity index (χ1v) is 5.09. The fourth-order valence-electron chi connectivity index (χ4n) is 1.34. The number of aliphatic hydroxyl groups excluding tert-OH is 1. The molecule has 0 heterocycles. The van der Waals surface area contributed by atoms with E-state index in [4.69, 9.17) is 0 Å². The molecular formula is C11H16N2O4. The highest BCUT2D eigenvalue weighted by Crippen LogP contribution is 2.28. The van der Waals surface area contributed by atoms with Crippen molar-refractivity contribution in [3.8, 4) is 0 Å². The summed E-state index contributed by atoms with van der Waals surface area (Å²) in [5.74, 6) is 0. The van der Waals surface area contributed by atoms with E-state index < -0.39 is 16.8 Å². The average molecular weight is 240 g/mol. The summed E-state index contributed by atoms with van der Waals surface area (Å²) in [5.41, 5.74) is -1.06. The van der Waals surface area contributed by atoms with Gasteiger partial charge in [0, 0.05) is 12.1 Å². The lowest BCUT2D eigenvalue weighted by Gasteiger charge is -2.35. The zero-order valence-electron chi connectivity index (χ0n) is 9.99. The number of hydrogen-bond acceptors (Lipinski definition) is 5. The van der Waals surface area contributed by atoms with Crippen LogP contribution in [0, 0.1) is 10.1 Å². The quantitative estimate of drug-likeness (QED) is 0.464. The largest absolute Gasteiger partial charge is 0.384 e. The Hall–Kier alpha value is -1.50. The maximum atomic E-state index is 10.5. The number of non-ortho nitro benzene ring substituents is 1. The highest BCUT2D eigenvalue weighted by atomic mass is 16.6. The van der Waals surface area contributed by atoms with Gasteiger partial charge in [0.15, 0.2) is 0 Å². The number of rotatable bonds is 4. The van der Waals surface area contributed by atoms with Crippen molar-refractivity contribution in [3.63, 3.8) is 0 Å². The topological polar surface area (TPSA) is 86.8 Å². The second-order valence-electron chi connectivity index (χ2n) is 4.24. The van der Waals surface area contributed by atoms with E-state index in [-0.39, 0.29) is 5.69 Å². The standard InChI is InChI=1S/C11H16N2O4/c1-11(15,12(2)3)10(14)8-4-6-9(7-5-8)13(16)17/h4-7,10,14-15H,1-3H3/t10-,11-/m0/s1. The summed E-state index contributed by atoms with van der Waals surface area (Å²) >= 11 is 0. The summed E-state index contributed by atoms with van der Waals surface area (Å²) in [7, 11) is 3.27. The Morgan fingerprint density at radius 1 is 1.35 bits per heavy atom. The van der Waals surface area contributed by atoms with Crippen molar-refractivity contribution < 1.29 is 15.1 Å². The van der Waals surface area contributed by atoms with E-state index in [0.29, 0.717) is 5.56 Å². The molecule has 0 fully saturated rings. The molecule has 0 spiro atoms. The monoisotopic (exact) mass is 240 g/mol. The zero-order chi connectivity index (χ0) is 13.2. The van der Waals surface area contributed by atoms with Crippen LogP contribution in [0.1, 0.15) is 18.6 Å². The number of nitrogens with zero attached hydrogens (tertiary/aromatic N) is 2. The Bertz CT molecular complexity index is 400. The number of nitro groups is 1. The van der Waals surface area contributed by atoms with Crippen LogP contribution in [0.25, 0.3) is 0 Å². The molecule has 6 nitrogen and oxygen atoms in total. The molecule has 2 N–H and O–H groups in total. The first-order chi connectivity index (χ1) is 7.76. The maximum Gasteiger partial charge on any atom is 0.269 e. The molecule has 0 radical (unpaired) electrons. The Morgan fingerprint density at radius 3 is 2.18 bits per heavy atom. The number of benzene rings is 1. The lowest BCUT2D eigenvalue weighted by atomic mass is 9.99. The third-order valence-corrected chi connectivity index (χ3v) is 2.84. The minimum atomic E-state index is -1.43. The summed E-state index contributed by atoms with van der Waals surface area (Å²) < 4.78 is 0. The van der Waals surface area contributed by atoms with E-state index in [9.17, 15) is 20.3 Å². The van der Waals surface area contributed by atoms with Crippen LogP contribution >= 0.6 is 0 Å². The third-order valence-electron chi connectivity index (χ3n) is 2.84. The molecule has 1 aromatic rings. The highest BCUT2D eigenvalue weighted by Gasteiger charge is 2.33. The molecule has 94 valence electrons. The molecule has 0 bridgehead atoms. The van der Waals surface area contributed by atoms with Gasteiger partial charge in [-0.2, -0.15) is 0 Å². The first-order valence-electron chi connectivity index (χ1n) is 5.09. The Labute approximate surface area is 99.3 Å². The molecule has 2 atom stereocenters. The lowest BCUT2D eigenvalue weighted by molar-refractivity contribution is -0.384. The molecule has 0 aliphatic rings. The maximum absolute atomic E-state index is 10.5. The second-order valence-corrected chi connectivity index (χ2v) is 4.24. The highest BCUT2D eigenvalue weighted by molar-refractivity contribution is 5.34. The van der Waals surface area contributed by atoms with Crippen LogP contribution in [0.5, 0.6) is 0 Å². The van der Waals surface area contributed by atoms with Gasteiger partial charge in [-0.25, -0.2) is 0 Å². The van der Waals surface area contributed by atoms with Crippen molar-refractivity contribution in [1.82, 2.24) is 4.90 Å². The minimum Gasteiger partial charge on any atom is -0.384 e. The van der Waals surface area contributed by atoms with Crippen LogP contribution in [-0.4, -0.2) is 39.9 Å². The second kappa shape index (κ2) is 4.79. The molecule has 1 rings (SSSR count). The van der Waals surface area contributed by atoms with E-state index in [2.05, 4.69) is 0 Å². The molecule has 0 amide bonds. The number of nitro benzene ring substituents is 1. The van der Waals surface area contributed by atoms with Crippen molar-refractivity contribution in [2.75, 3.05) is 14.1 Å². The van der Waals surface area contributed by atoms with Crippen molar-refractivity contribution in [1.29, 1.82) is 0 Å². The van der Waals surface area contributed by atoms with Gasteiger partial charge in [-0.3, -0.25) is 15.0 Å².